The van der Waals surface area contributed by atoms with E-state index in [1.54, 1.807) is 4.90 Å². The fourth-order valence-electron chi connectivity index (χ4n) is 5.81. The van der Waals surface area contributed by atoms with Crippen molar-refractivity contribution in [3.8, 4) is 0 Å². The summed E-state index contributed by atoms with van der Waals surface area (Å²) in [6.07, 6.45) is 8.01. The van der Waals surface area contributed by atoms with Crippen molar-refractivity contribution in [2.75, 3.05) is 46.3 Å². The Morgan fingerprint density at radius 3 is 2.58 bits per heavy atom. The van der Waals surface area contributed by atoms with Crippen LogP contribution in [0.5, 0.6) is 0 Å². The Morgan fingerprint density at radius 2 is 1.88 bits per heavy atom. The van der Waals surface area contributed by atoms with Crippen LogP contribution in [-0.4, -0.2) is 81.3 Å². The van der Waals surface area contributed by atoms with Crippen LogP contribution < -0.4 is 15.8 Å². The number of hydrogen-bond acceptors (Lipinski definition) is 5. The Balaban J connectivity index is 1.21. The van der Waals surface area contributed by atoms with Crippen molar-refractivity contribution in [3.63, 3.8) is 0 Å². The van der Waals surface area contributed by atoms with Crippen LogP contribution >= 0.6 is 27.5 Å². The van der Waals surface area contributed by atoms with Crippen LogP contribution in [0.25, 0.3) is 5.70 Å². The molecule has 0 unspecified atom stereocenters. The molecule has 0 aromatic heterocycles. The summed E-state index contributed by atoms with van der Waals surface area (Å²) in [6, 6.07) is 6.14. The summed E-state index contributed by atoms with van der Waals surface area (Å²) >= 11 is 9.97. The smallest absolute Gasteiger partial charge is 0.322 e. The van der Waals surface area contributed by atoms with Gasteiger partial charge in [-0.15, -0.1) is 4.40 Å². The van der Waals surface area contributed by atoms with Gasteiger partial charge in [-0.3, -0.25) is 4.79 Å². The lowest BCUT2D eigenvalue weighted by Gasteiger charge is -2.39. The molecule has 3 aliphatic heterocycles. The number of hydrogen-bond donors (Lipinski definition) is 3. The minimum atomic E-state index is -3.77. The van der Waals surface area contributed by atoms with Crippen molar-refractivity contribution in [1.29, 1.82) is 0 Å². The Kier molecular flexibility index (Phi) is 8.79. The number of piperazine rings is 1. The molecule has 4 aliphatic rings. The molecule has 40 heavy (non-hydrogen) atoms. The molecule has 0 atom stereocenters. The molecule has 1 amide bonds. The summed E-state index contributed by atoms with van der Waals surface area (Å²) in [5, 5.41) is 4.26. The molecule has 0 radical (unpaired) electrons. The number of rotatable bonds is 5. The maximum absolute atomic E-state index is 13.2. The minimum absolute atomic E-state index is 0.0127. The number of nitrogens with zero attached hydrogens (tertiary/aromatic N) is 4. The van der Waals surface area contributed by atoms with Crippen molar-refractivity contribution in [2.45, 2.75) is 32.1 Å². The van der Waals surface area contributed by atoms with E-state index >= 15 is 0 Å². The third kappa shape index (κ3) is 6.50. The lowest BCUT2D eigenvalue weighted by molar-refractivity contribution is -0.133. The van der Waals surface area contributed by atoms with Gasteiger partial charge in [-0.1, -0.05) is 17.7 Å². The molecule has 3 heterocycles. The molecule has 2 saturated heterocycles. The van der Waals surface area contributed by atoms with E-state index in [4.69, 9.17) is 17.3 Å². The van der Waals surface area contributed by atoms with Gasteiger partial charge >= 0.3 is 10.2 Å². The number of carbonyl (C=O) groups is 1. The topological polar surface area (TPSA) is 123 Å². The van der Waals surface area contributed by atoms with Gasteiger partial charge in [-0.2, -0.15) is 13.1 Å². The number of guanidine groups is 1. The van der Waals surface area contributed by atoms with E-state index in [2.05, 4.69) is 53.5 Å². The lowest BCUT2D eigenvalue weighted by Crippen LogP contribution is -2.49. The van der Waals surface area contributed by atoms with Crippen molar-refractivity contribution in [3.05, 3.63) is 62.4 Å². The van der Waals surface area contributed by atoms with E-state index in [1.165, 1.54) is 29.4 Å². The van der Waals surface area contributed by atoms with Crippen LogP contribution in [0.4, 0.5) is 0 Å². The molecule has 0 saturated carbocycles. The van der Waals surface area contributed by atoms with Crippen LogP contribution in [0.15, 0.2) is 50.6 Å². The summed E-state index contributed by atoms with van der Waals surface area (Å²) in [5.74, 6) is 0.399. The molecule has 0 spiro atoms. The third-order valence-electron chi connectivity index (χ3n) is 8.03. The van der Waals surface area contributed by atoms with Crippen molar-refractivity contribution < 1.29 is 13.2 Å². The Labute approximate surface area is 249 Å². The standard InChI is InChI=1S/C27H35BrClN7O3S/c1-31-40(38,39)33-27(30)36-8-6-18(7-9-36)14-24(37)34-10-12-35(13-11-34)26-23-5-4-22(29)16-19(23)2-3-20-15-21(28)17-32-25(20)26/h4-5,15-18,31-32H,2-3,6-14H2,1H3,(H2,30,33). The lowest BCUT2D eigenvalue weighted by atomic mass is 9.93. The first-order valence-corrected chi connectivity index (χ1v) is 16.2. The zero-order valence-electron chi connectivity index (χ0n) is 22.5. The van der Waals surface area contributed by atoms with Gasteiger partial charge in [-0.25, -0.2) is 0 Å². The molecule has 2 fully saturated rings. The number of carbonyl (C=O) groups excluding carboxylic acids is 1. The van der Waals surface area contributed by atoms with Crippen LogP contribution in [0.1, 0.15) is 36.8 Å². The average Bonchev–Trinajstić information content (AvgIpc) is 3.09. The van der Waals surface area contributed by atoms with E-state index in [9.17, 15) is 13.2 Å². The number of dihydropyridines is 1. The van der Waals surface area contributed by atoms with E-state index < -0.39 is 10.2 Å². The summed E-state index contributed by atoms with van der Waals surface area (Å²) < 4.78 is 30.1. The zero-order valence-corrected chi connectivity index (χ0v) is 25.7. The Bertz CT molecular complexity index is 1390. The number of amides is 1. The van der Waals surface area contributed by atoms with Crippen LogP contribution in [-0.2, 0) is 21.4 Å². The molecular formula is C27H35BrClN7O3S. The molecule has 13 heteroatoms. The Hall–Kier alpha value is -2.54. The van der Waals surface area contributed by atoms with Gasteiger partial charge in [0.15, 0.2) is 0 Å². The first-order chi connectivity index (χ1) is 19.1. The molecule has 1 aliphatic carbocycles. The average molecular weight is 653 g/mol. The molecular weight excluding hydrogens is 618 g/mol. The second-order valence-electron chi connectivity index (χ2n) is 10.5. The van der Waals surface area contributed by atoms with Crippen molar-refractivity contribution >= 4 is 55.3 Å². The molecule has 1 aromatic rings. The molecule has 1 aromatic carbocycles. The molecule has 216 valence electrons. The van der Waals surface area contributed by atoms with E-state index in [0.717, 1.165) is 54.0 Å². The second-order valence-corrected chi connectivity index (χ2v) is 13.4. The fraction of sp³-hybridized carbons (Fsp3) is 0.481. The predicted molar refractivity (Wildman–Crippen MR) is 162 cm³/mol. The van der Waals surface area contributed by atoms with Crippen molar-refractivity contribution in [2.24, 2.45) is 16.0 Å². The minimum Gasteiger partial charge on any atom is -0.369 e. The summed E-state index contributed by atoms with van der Waals surface area (Å²) in [4.78, 5) is 19.4. The fourth-order valence-corrected chi connectivity index (χ4v) is 6.85. The first kappa shape index (κ1) is 29.0. The number of likely N-dealkylation sites (tertiary alicyclic amines) is 1. The van der Waals surface area contributed by atoms with Gasteiger partial charge in [0.2, 0.25) is 11.9 Å². The maximum Gasteiger partial charge on any atom is 0.322 e. The largest absolute Gasteiger partial charge is 0.369 e. The first-order valence-electron chi connectivity index (χ1n) is 13.6. The summed E-state index contributed by atoms with van der Waals surface area (Å²) in [6.45, 7) is 3.98. The molecule has 5 rings (SSSR count). The summed E-state index contributed by atoms with van der Waals surface area (Å²) in [7, 11) is -2.48. The van der Waals surface area contributed by atoms with E-state index in [-0.39, 0.29) is 17.8 Å². The number of allylic oxidation sites excluding steroid dienone is 3. The number of piperidine rings is 1. The van der Waals surface area contributed by atoms with Gasteiger partial charge < -0.3 is 25.8 Å². The highest BCUT2D eigenvalue weighted by Crippen LogP contribution is 2.38. The number of nitrogens with two attached hydrogens (primary N) is 1. The normalized spacial score (nSPS) is 20.8. The van der Waals surface area contributed by atoms with E-state index in [1.807, 2.05) is 17.2 Å². The van der Waals surface area contributed by atoms with Gasteiger partial charge in [0.25, 0.3) is 0 Å². The number of halogens is 2. The third-order valence-corrected chi connectivity index (χ3v) is 9.67. The van der Waals surface area contributed by atoms with Gasteiger partial charge in [0.05, 0.1) is 11.4 Å². The van der Waals surface area contributed by atoms with Gasteiger partial charge in [0.1, 0.15) is 0 Å². The quantitative estimate of drug-likeness (QED) is 0.330. The SMILES string of the molecule is CNS(=O)(=O)/N=C(\N)N1CCC(CC(=O)N2CCN(C3=C4NC=C(Br)C=C4CCc4cc(Cl)ccc43)CC2)CC1. The molecule has 0 bridgehead atoms. The monoisotopic (exact) mass is 651 g/mol. The number of benzene rings is 1. The van der Waals surface area contributed by atoms with Crippen LogP contribution in [0.2, 0.25) is 5.02 Å². The second kappa shape index (κ2) is 12.1. The van der Waals surface area contributed by atoms with E-state index in [0.29, 0.717) is 32.6 Å². The molecule has 10 nitrogen and oxygen atoms in total. The number of nitrogens with one attached hydrogen (secondary N) is 2. The summed E-state index contributed by atoms with van der Waals surface area (Å²) in [5.41, 5.74) is 11.9. The highest BCUT2D eigenvalue weighted by atomic mass is 79.9. The van der Waals surface area contributed by atoms with Crippen LogP contribution in [0.3, 0.4) is 0 Å². The molecule has 4 N–H and O–H groups in total. The van der Waals surface area contributed by atoms with Crippen LogP contribution in [0, 0.1) is 5.92 Å². The highest BCUT2D eigenvalue weighted by Gasteiger charge is 2.31. The predicted octanol–water partition coefficient (Wildman–Crippen LogP) is 2.75. The maximum atomic E-state index is 13.2. The number of fused-ring (bicyclic) bond motifs is 2. The van der Waals surface area contributed by atoms with Gasteiger partial charge in [-0.05, 0) is 76.9 Å². The Morgan fingerprint density at radius 1 is 1.15 bits per heavy atom. The zero-order chi connectivity index (χ0) is 28.4. The highest BCUT2D eigenvalue weighted by molar-refractivity contribution is 9.11. The van der Waals surface area contributed by atoms with Gasteiger partial charge in [0, 0.05) is 74.0 Å². The number of aryl methyl sites for hydroxylation is 1. The van der Waals surface area contributed by atoms with Crippen molar-refractivity contribution in [1.82, 2.24) is 24.7 Å².